The lowest BCUT2D eigenvalue weighted by molar-refractivity contribution is -0.614. The molecular weight excluding hydrogens is 184 g/mol. The lowest BCUT2D eigenvalue weighted by Gasteiger charge is -2.11. The van der Waals surface area contributed by atoms with Crippen LogP contribution >= 0.6 is 0 Å². The van der Waals surface area contributed by atoms with Crippen LogP contribution in [-0.2, 0) is 17.8 Å². The van der Waals surface area contributed by atoms with Crippen LogP contribution in [0.1, 0.15) is 11.3 Å². The number of fused-ring (bicyclic) bond motifs is 1. The van der Waals surface area contributed by atoms with E-state index in [2.05, 4.69) is 4.74 Å². The molecule has 5 nitrogen and oxygen atoms in total. The van der Waals surface area contributed by atoms with Gasteiger partial charge in [-0.1, -0.05) is 0 Å². The van der Waals surface area contributed by atoms with Crippen molar-refractivity contribution in [3.8, 4) is 0 Å². The Labute approximate surface area is 81.1 Å². The summed E-state index contributed by atoms with van der Waals surface area (Å²) in [6, 6.07) is 3.51. The molecule has 0 aromatic carbocycles. The van der Waals surface area contributed by atoms with Crippen molar-refractivity contribution in [1.82, 2.24) is 4.90 Å². The van der Waals surface area contributed by atoms with Gasteiger partial charge in [-0.3, -0.25) is 4.90 Å². The Morgan fingerprint density at radius 1 is 1.64 bits per heavy atom. The van der Waals surface area contributed by atoms with Gasteiger partial charge in [-0.25, -0.2) is 4.79 Å². The van der Waals surface area contributed by atoms with E-state index < -0.39 is 6.09 Å². The molecule has 1 aliphatic heterocycles. The molecule has 1 aromatic heterocycles. The number of carbonyl (C=O) groups excluding carboxylic acids is 1. The largest absolute Gasteiger partial charge is 0.618 e. The van der Waals surface area contributed by atoms with Crippen molar-refractivity contribution in [2.45, 2.75) is 13.1 Å². The molecule has 0 N–H and O–H groups in total. The first-order valence-electron chi connectivity index (χ1n) is 4.25. The number of rotatable bonds is 0. The van der Waals surface area contributed by atoms with E-state index >= 15 is 0 Å². The Kier molecular flexibility index (Phi) is 1.99. The standard InChI is InChI=1S/C9H10N2O3/c1-14-9(12)10-5-7-3-2-4-11(13)8(7)6-10/h2-4H,5-6H2,1H3. The minimum absolute atomic E-state index is 0.326. The molecule has 1 aromatic rings. The van der Waals surface area contributed by atoms with Crippen LogP contribution in [0.15, 0.2) is 18.3 Å². The highest BCUT2D eigenvalue weighted by atomic mass is 16.5. The van der Waals surface area contributed by atoms with Gasteiger partial charge in [0.05, 0.1) is 13.7 Å². The molecule has 0 atom stereocenters. The second-order valence-electron chi connectivity index (χ2n) is 3.13. The topological polar surface area (TPSA) is 56.5 Å². The van der Waals surface area contributed by atoms with E-state index in [4.69, 9.17) is 0 Å². The van der Waals surface area contributed by atoms with Gasteiger partial charge in [-0.15, -0.1) is 0 Å². The molecule has 2 rings (SSSR count). The van der Waals surface area contributed by atoms with E-state index in [1.54, 1.807) is 6.07 Å². The summed E-state index contributed by atoms with van der Waals surface area (Å²) in [6.45, 7) is 0.775. The zero-order chi connectivity index (χ0) is 10.1. The molecule has 74 valence electrons. The third kappa shape index (κ3) is 1.26. The number of pyridine rings is 1. The normalized spacial score (nSPS) is 13.9. The smallest absolute Gasteiger partial charge is 0.410 e. The van der Waals surface area contributed by atoms with Gasteiger partial charge in [0, 0.05) is 11.6 Å². The molecule has 1 aliphatic rings. The van der Waals surface area contributed by atoms with Gasteiger partial charge in [0.25, 0.3) is 0 Å². The van der Waals surface area contributed by atoms with Crippen molar-refractivity contribution < 1.29 is 14.3 Å². The number of methoxy groups -OCH3 is 1. The molecule has 14 heavy (non-hydrogen) atoms. The Morgan fingerprint density at radius 2 is 2.43 bits per heavy atom. The van der Waals surface area contributed by atoms with Crippen LogP contribution < -0.4 is 4.73 Å². The number of hydrogen-bond donors (Lipinski definition) is 0. The molecular formula is C9H10N2O3. The fourth-order valence-corrected chi connectivity index (χ4v) is 1.58. The van der Waals surface area contributed by atoms with Crippen molar-refractivity contribution in [2.75, 3.05) is 7.11 Å². The second kappa shape index (κ2) is 3.17. The van der Waals surface area contributed by atoms with Crippen molar-refractivity contribution in [2.24, 2.45) is 0 Å². The first kappa shape index (κ1) is 8.80. The van der Waals surface area contributed by atoms with Crippen molar-refractivity contribution in [1.29, 1.82) is 0 Å². The van der Waals surface area contributed by atoms with Crippen LogP contribution in [0.3, 0.4) is 0 Å². The van der Waals surface area contributed by atoms with Crippen LogP contribution in [0.2, 0.25) is 0 Å². The highest BCUT2D eigenvalue weighted by Gasteiger charge is 2.29. The predicted molar refractivity (Wildman–Crippen MR) is 47.1 cm³/mol. The van der Waals surface area contributed by atoms with Gasteiger partial charge in [0.15, 0.2) is 6.20 Å². The minimum Gasteiger partial charge on any atom is -0.618 e. The maximum absolute atomic E-state index is 11.3. The van der Waals surface area contributed by atoms with Gasteiger partial charge in [0.1, 0.15) is 6.54 Å². The third-order valence-corrected chi connectivity index (χ3v) is 2.29. The van der Waals surface area contributed by atoms with E-state index in [9.17, 15) is 10.0 Å². The van der Waals surface area contributed by atoms with E-state index in [0.29, 0.717) is 18.8 Å². The molecule has 0 saturated heterocycles. The van der Waals surface area contributed by atoms with Crippen molar-refractivity contribution >= 4 is 6.09 Å². The zero-order valence-electron chi connectivity index (χ0n) is 7.77. The molecule has 0 radical (unpaired) electrons. The Morgan fingerprint density at radius 3 is 3.07 bits per heavy atom. The van der Waals surface area contributed by atoms with Crippen LogP contribution in [0.5, 0.6) is 0 Å². The zero-order valence-corrected chi connectivity index (χ0v) is 7.77. The molecule has 1 amide bonds. The Hall–Kier alpha value is -1.78. The lowest BCUT2D eigenvalue weighted by atomic mass is 10.2. The fraction of sp³-hybridized carbons (Fsp3) is 0.333. The van der Waals surface area contributed by atoms with E-state index in [1.165, 1.54) is 18.2 Å². The van der Waals surface area contributed by atoms with E-state index in [1.807, 2.05) is 6.07 Å². The summed E-state index contributed by atoms with van der Waals surface area (Å²) in [4.78, 5) is 12.7. The second-order valence-corrected chi connectivity index (χ2v) is 3.13. The molecule has 0 bridgehead atoms. The average molecular weight is 194 g/mol. The lowest BCUT2D eigenvalue weighted by Crippen LogP contribution is -2.33. The Bertz CT molecular complexity index is 378. The highest BCUT2D eigenvalue weighted by Crippen LogP contribution is 2.19. The highest BCUT2D eigenvalue weighted by molar-refractivity contribution is 5.68. The monoisotopic (exact) mass is 194 g/mol. The molecule has 5 heteroatoms. The number of amides is 1. The van der Waals surface area contributed by atoms with Gasteiger partial charge >= 0.3 is 6.09 Å². The third-order valence-electron chi connectivity index (χ3n) is 2.29. The number of ether oxygens (including phenoxy) is 1. The van der Waals surface area contributed by atoms with Crippen LogP contribution in [0.4, 0.5) is 4.79 Å². The molecule has 0 aliphatic carbocycles. The van der Waals surface area contributed by atoms with Gasteiger partial charge < -0.3 is 9.94 Å². The van der Waals surface area contributed by atoms with E-state index in [-0.39, 0.29) is 0 Å². The number of aromatic nitrogens is 1. The summed E-state index contributed by atoms with van der Waals surface area (Å²) >= 11 is 0. The minimum atomic E-state index is -0.402. The van der Waals surface area contributed by atoms with Crippen LogP contribution in [-0.4, -0.2) is 18.1 Å². The van der Waals surface area contributed by atoms with Gasteiger partial charge in [-0.05, 0) is 6.07 Å². The summed E-state index contributed by atoms with van der Waals surface area (Å²) in [7, 11) is 1.33. The SMILES string of the molecule is COC(=O)N1Cc2ccc[n+]([O-])c2C1. The van der Waals surface area contributed by atoms with Gasteiger partial charge in [-0.2, -0.15) is 4.73 Å². The summed E-state index contributed by atoms with van der Waals surface area (Å²) in [6.07, 6.45) is 1.03. The molecule has 2 heterocycles. The molecule has 0 spiro atoms. The number of carbonyl (C=O) groups is 1. The molecule has 0 unspecified atom stereocenters. The maximum atomic E-state index is 11.3. The number of hydrogen-bond acceptors (Lipinski definition) is 3. The summed E-state index contributed by atoms with van der Waals surface area (Å²) < 4.78 is 5.37. The number of nitrogens with zero attached hydrogens (tertiary/aromatic N) is 2. The fourth-order valence-electron chi connectivity index (χ4n) is 1.58. The molecule has 0 fully saturated rings. The van der Waals surface area contributed by atoms with Gasteiger partial charge in [0.2, 0.25) is 5.69 Å². The molecule has 0 saturated carbocycles. The first-order chi connectivity index (χ1) is 6.72. The quantitative estimate of drug-likeness (QED) is 0.443. The van der Waals surface area contributed by atoms with Crippen molar-refractivity contribution in [3.63, 3.8) is 0 Å². The first-order valence-corrected chi connectivity index (χ1v) is 4.25. The predicted octanol–water partition coefficient (Wildman–Crippen LogP) is 0.402. The Balaban J connectivity index is 2.26. The summed E-state index contributed by atoms with van der Waals surface area (Å²) in [5, 5.41) is 11.3. The summed E-state index contributed by atoms with van der Waals surface area (Å²) in [5.41, 5.74) is 1.51. The summed E-state index contributed by atoms with van der Waals surface area (Å²) in [5.74, 6) is 0. The van der Waals surface area contributed by atoms with Crippen molar-refractivity contribution in [3.05, 3.63) is 34.8 Å². The maximum Gasteiger partial charge on any atom is 0.410 e. The van der Waals surface area contributed by atoms with Crippen LogP contribution in [0.25, 0.3) is 0 Å². The average Bonchev–Trinajstić information content (AvgIpc) is 2.62. The van der Waals surface area contributed by atoms with E-state index in [0.717, 1.165) is 10.3 Å². The van der Waals surface area contributed by atoms with Crippen LogP contribution in [0, 0.1) is 5.21 Å².